The highest BCUT2D eigenvalue weighted by molar-refractivity contribution is 8.00. The first-order chi connectivity index (χ1) is 12.2. The van der Waals surface area contributed by atoms with Crippen LogP contribution < -0.4 is 5.32 Å². The Labute approximate surface area is 149 Å². The van der Waals surface area contributed by atoms with Crippen LogP contribution in [0.3, 0.4) is 0 Å². The molecule has 1 unspecified atom stereocenters. The molecule has 0 aliphatic carbocycles. The molecule has 7 heteroatoms. The summed E-state index contributed by atoms with van der Waals surface area (Å²) >= 11 is 1.25. The standard InChI is InChI=1S/C18H17FN4OS/c1-2-15(17(24)20-12-8-4-3-5-9-12)25-18-21-16(22-23-18)13-10-6-7-11-14(13)19/h3-11,15H,2H2,1H3,(H,20,24)(H,21,22,23). The number of halogens is 1. The van der Waals surface area contributed by atoms with Gasteiger partial charge in [-0.1, -0.05) is 49.0 Å². The van der Waals surface area contributed by atoms with E-state index in [9.17, 15) is 9.18 Å². The molecule has 0 fully saturated rings. The third-order valence-corrected chi connectivity index (χ3v) is 4.77. The van der Waals surface area contributed by atoms with Crippen molar-refractivity contribution >= 4 is 23.4 Å². The summed E-state index contributed by atoms with van der Waals surface area (Å²) < 4.78 is 13.8. The Morgan fingerprint density at radius 1 is 1.20 bits per heavy atom. The molecule has 0 aliphatic heterocycles. The minimum Gasteiger partial charge on any atom is -0.325 e. The number of nitrogens with one attached hydrogen (secondary N) is 2. The maximum absolute atomic E-state index is 13.8. The number of aromatic nitrogens is 3. The van der Waals surface area contributed by atoms with Crippen molar-refractivity contribution < 1.29 is 9.18 Å². The SMILES string of the molecule is CCC(Sc1n[nH]c(-c2ccccc2F)n1)C(=O)Nc1ccccc1. The van der Waals surface area contributed by atoms with Gasteiger partial charge in [-0.2, -0.15) is 0 Å². The summed E-state index contributed by atoms with van der Waals surface area (Å²) in [6.07, 6.45) is 0.618. The van der Waals surface area contributed by atoms with Crippen molar-refractivity contribution in [3.05, 3.63) is 60.4 Å². The fourth-order valence-electron chi connectivity index (χ4n) is 2.27. The molecule has 0 aliphatic rings. The number of amides is 1. The summed E-state index contributed by atoms with van der Waals surface area (Å²) in [5, 5.41) is 9.76. The fourth-order valence-corrected chi connectivity index (χ4v) is 3.10. The van der Waals surface area contributed by atoms with Crippen molar-refractivity contribution in [2.45, 2.75) is 23.8 Å². The van der Waals surface area contributed by atoms with E-state index < -0.39 is 0 Å². The van der Waals surface area contributed by atoms with Gasteiger partial charge in [0.05, 0.1) is 10.8 Å². The number of carbonyl (C=O) groups excluding carboxylic acids is 1. The van der Waals surface area contributed by atoms with Crippen LogP contribution in [0.25, 0.3) is 11.4 Å². The second-order valence-corrected chi connectivity index (χ2v) is 6.49. The topological polar surface area (TPSA) is 70.7 Å². The molecule has 3 aromatic rings. The molecule has 0 saturated carbocycles. The molecule has 2 aromatic carbocycles. The molecule has 25 heavy (non-hydrogen) atoms. The number of anilines is 1. The quantitative estimate of drug-likeness (QED) is 0.652. The van der Waals surface area contributed by atoms with Crippen LogP contribution in [0.2, 0.25) is 0 Å². The fraction of sp³-hybridized carbons (Fsp3) is 0.167. The molecule has 1 aromatic heterocycles. The van der Waals surface area contributed by atoms with E-state index in [1.807, 2.05) is 37.3 Å². The van der Waals surface area contributed by atoms with Crippen LogP contribution in [0.1, 0.15) is 13.3 Å². The molecule has 0 radical (unpaired) electrons. The number of aromatic amines is 1. The maximum Gasteiger partial charge on any atom is 0.237 e. The van der Waals surface area contributed by atoms with Crippen LogP contribution in [0.15, 0.2) is 59.8 Å². The summed E-state index contributed by atoms with van der Waals surface area (Å²) in [7, 11) is 0. The molecular weight excluding hydrogens is 339 g/mol. The van der Waals surface area contributed by atoms with Crippen molar-refractivity contribution in [1.29, 1.82) is 0 Å². The molecule has 3 rings (SSSR count). The number of nitrogens with zero attached hydrogens (tertiary/aromatic N) is 2. The predicted octanol–water partition coefficient (Wildman–Crippen LogP) is 4.12. The molecule has 128 valence electrons. The molecule has 1 heterocycles. The number of thioether (sulfide) groups is 1. The number of hydrogen-bond donors (Lipinski definition) is 2. The number of rotatable bonds is 6. The van der Waals surface area contributed by atoms with Gasteiger partial charge < -0.3 is 5.32 Å². The van der Waals surface area contributed by atoms with Crippen molar-refractivity contribution in [3.63, 3.8) is 0 Å². The normalized spacial score (nSPS) is 11.9. The minimum atomic E-state index is -0.371. The largest absolute Gasteiger partial charge is 0.325 e. The lowest BCUT2D eigenvalue weighted by Crippen LogP contribution is -2.24. The van der Waals surface area contributed by atoms with Gasteiger partial charge in [0.15, 0.2) is 5.82 Å². The highest BCUT2D eigenvalue weighted by Gasteiger charge is 2.21. The second kappa shape index (κ2) is 7.94. The van der Waals surface area contributed by atoms with Crippen LogP contribution in [-0.2, 0) is 4.79 Å². The van der Waals surface area contributed by atoms with Crippen molar-refractivity contribution in [1.82, 2.24) is 15.2 Å². The van der Waals surface area contributed by atoms with E-state index in [0.29, 0.717) is 23.0 Å². The van der Waals surface area contributed by atoms with E-state index in [1.165, 1.54) is 17.8 Å². The first-order valence-corrected chi connectivity index (χ1v) is 8.75. The van der Waals surface area contributed by atoms with Gasteiger partial charge in [0.2, 0.25) is 11.1 Å². The Morgan fingerprint density at radius 3 is 2.64 bits per heavy atom. The third-order valence-electron chi connectivity index (χ3n) is 3.55. The van der Waals surface area contributed by atoms with Gasteiger partial charge in [0.1, 0.15) is 5.82 Å². The average molecular weight is 356 g/mol. The van der Waals surface area contributed by atoms with E-state index in [4.69, 9.17) is 0 Å². The van der Waals surface area contributed by atoms with E-state index in [2.05, 4.69) is 20.5 Å². The molecule has 0 spiro atoms. The lowest BCUT2D eigenvalue weighted by atomic mass is 10.2. The van der Waals surface area contributed by atoms with E-state index in [-0.39, 0.29) is 17.0 Å². The summed E-state index contributed by atoms with van der Waals surface area (Å²) in [5.74, 6) is -0.140. The Morgan fingerprint density at radius 2 is 1.92 bits per heavy atom. The minimum absolute atomic E-state index is 0.115. The Bertz CT molecular complexity index is 853. The van der Waals surface area contributed by atoms with Gasteiger partial charge in [-0.25, -0.2) is 9.37 Å². The summed E-state index contributed by atoms with van der Waals surface area (Å²) in [6, 6.07) is 15.6. The van der Waals surface area contributed by atoms with Gasteiger partial charge in [-0.15, -0.1) is 5.10 Å². The van der Waals surface area contributed by atoms with Crippen LogP contribution in [0.4, 0.5) is 10.1 Å². The Balaban J connectivity index is 1.70. The zero-order valence-corrected chi connectivity index (χ0v) is 14.4. The molecule has 1 atom stereocenters. The van der Waals surface area contributed by atoms with Gasteiger partial charge in [-0.05, 0) is 30.7 Å². The lowest BCUT2D eigenvalue weighted by Gasteiger charge is -2.12. The van der Waals surface area contributed by atoms with E-state index in [0.717, 1.165) is 5.69 Å². The van der Waals surface area contributed by atoms with Crippen molar-refractivity contribution in [3.8, 4) is 11.4 Å². The van der Waals surface area contributed by atoms with Gasteiger partial charge in [0.25, 0.3) is 0 Å². The van der Waals surface area contributed by atoms with Crippen LogP contribution in [-0.4, -0.2) is 26.3 Å². The first-order valence-electron chi connectivity index (χ1n) is 7.87. The van der Waals surface area contributed by atoms with Crippen molar-refractivity contribution in [2.24, 2.45) is 0 Å². The van der Waals surface area contributed by atoms with Crippen molar-refractivity contribution in [2.75, 3.05) is 5.32 Å². The number of H-pyrrole nitrogens is 1. The van der Waals surface area contributed by atoms with Gasteiger partial charge >= 0.3 is 0 Å². The number of para-hydroxylation sites is 1. The molecule has 0 bridgehead atoms. The van der Waals surface area contributed by atoms with E-state index in [1.54, 1.807) is 18.2 Å². The van der Waals surface area contributed by atoms with Crippen LogP contribution in [0.5, 0.6) is 0 Å². The maximum atomic E-state index is 13.8. The number of carbonyl (C=O) groups is 1. The molecule has 2 N–H and O–H groups in total. The predicted molar refractivity (Wildman–Crippen MR) is 96.8 cm³/mol. The average Bonchev–Trinajstić information content (AvgIpc) is 3.09. The monoisotopic (exact) mass is 356 g/mol. The smallest absolute Gasteiger partial charge is 0.237 e. The molecule has 0 saturated heterocycles. The summed E-state index contributed by atoms with van der Waals surface area (Å²) in [5.41, 5.74) is 1.09. The molecule has 5 nitrogen and oxygen atoms in total. The first kappa shape index (κ1) is 17.2. The molecule has 1 amide bonds. The van der Waals surface area contributed by atoms with Crippen LogP contribution in [0, 0.1) is 5.82 Å². The number of hydrogen-bond acceptors (Lipinski definition) is 4. The van der Waals surface area contributed by atoms with Gasteiger partial charge in [-0.3, -0.25) is 9.89 Å². The highest BCUT2D eigenvalue weighted by Crippen LogP contribution is 2.26. The third kappa shape index (κ3) is 4.24. The summed E-state index contributed by atoms with van der Waals surface area (Å²) in [4.78, 5) is 16.7. The zero-order valence-electron chi connectivity index (χ0n) is 13.6. The zero-order chi connectivity index (χ0) is 17.6. The van der Waals surface area contributed by atoms with Gasteiger partial charge in [0, 0.05) is 5.69 Å². The lowest BCUT2D eigenvalue weighted by molar-refractivity contribution is -0.115. The molecular formula is C18H17FN4OS. The Hall–Kier alpha value is -2.67. The van der Waals surface area contributed by atoms with E-state index >= 15 is 0 Å². The highest BCUT2D eigenvalue weighted by atomic mass is 32.2. The Kier molecular flexibility index (Phi) is 5.45. The van der Waals surface area contributed by atoms with Crippen LogP contribution >= 0.6 is 11.8 Å². The summed E-state index contributed by atoms with van der Waals surface area (Å²) in [6.45, 7) is 1.92. The number of benzene rings is 2. The second-order valence-electron chi connectivity index (χ2n) is 5.32.